The van der Waals surface area contributed by atoms with Gasteiger partial charge in [-0.1, -0.05) is 28.9 Å². The topological polar surface area (TPSA) is 26.5 Å². The Bertz CT molecular complexity index is 901. The summed E-state index contributed by atoms with van der Waals surface area (Å²) in [5.74, 6) is -0.248. The molecule has 0 spiro atoms. The SMILES string of the molecule is Cc1cc(/C=N/OCc2cccc(Cl)c2)c(C)n1-c1ccc(F)cc1. The monoisotopic (exact) mass is 356 g/mol. The average molecular weight is 357 g/mol. The van der Waals surface area contributed by atoms with E-state index in [1.165, 1.54) is 12.1 Å². The quantitative estimate of drug-likeness (QED) is 0.442. The van der Waals surface area contributed by atoms with E-state index in [-0.39, 0.29) is 5.82 Å². The Kier molecular flexibility index (Phi) is 5.19. The molecule has 3 rings (SSSR count). The van der Waals surface area contributed by atoms with Crippen LogP contribution in [0.3, 0.4) is 0 Å². The normalized spacial score (nSPS) is 11.2. The van der Waals surface area contributed by atoms with Crippen LogP contribution in [0.2, 0.25) is 5.02 Å². The first-order chi connectivity index (χ1) is 12.0. The van der Waals surface area contributed by atoms with Gasteiger partial charge < -0.3 is 9.40 Å². The van der Waals surface area contributed by atoms with Gasteiger partial charge in [-0.05, 0) is 61.9 Å². The van der Waals surface area contributed by atoms with Crippen LogP contribution in [0.4, 0.5) is 4.39 Å². The summed E-state index contributed by atoms with van der Waals surface area (Å²) in [7, 11) is 0. The third-order valence-corrected chi connectivity index (χ3v) is 4.18. The molecule has 0 radical (unpaired) electrons. The van der Waals surface area contributed by atoms with E-state index < -0.39 is 0 Å². The molecule has 2 aromatic carbocycles. The summed E-state index contributed by atoms with van der Waals surface area (Å²) < 4.78 is 15.2. The van der Waals surface area contributed by atoms with Gasteiger partial charge in [0.25, 0.3) is 0 Å². The Morgan fingerprint density at radius 1 is 1.12 bits per heavy atom. The molecule has 0 N–H and O–H groups in total. The molecule has 0 aliphatic heterocycles. The van der Waals surface area contributed by atoms with E-state index in [9.17, 15) is 4.39 Å². The zero-order valence-corrected chi connectivity index (χ0v) is 14.8. The van der Waals surface area contributed by atoms with Crippen LogP contribution < -0.4 is 0 Å². The molecule has 0 saturated carbocycles. The van der Waals surface area contributed by atoms with Crippen LogP contribution in [0.15, 0.2) is 59.8 Å². The zero-order chi connectivity index (χ0) is 17.8. The van der Waals surface area contributed by atoms with Crippen molar-refractivity contribution in [3.8, 4) is 5.69 Å². The maximum absolute atomic E-state index is 13.1. The van der Waals surface area contributed by atoms with Crippen molar-refractivity contribution < 1.29 is 9.23 Å². The molecule has 3 nitrogen and oxygen atoms in total. The Hall–Kier alpha value is -2.59. The average Bonchev–Trinajstić information content (AvgIpc) is 2.87. The van der Waals surface area contributed by atoms with Crippen molar-refractivity contribution in [3.63, 3.8) is 0 Å². The number of halogens is 2. The summed E-state index contributed by atoms with van der Waals surface area (Å²) in [5, 5.41) is 4.72. The first-order valence-electron chi connectivity index (χ1n) is 7.89. The van der Waals surface area contributed by atoms with Crippen molar-refractivity contribution in [2.45, 2.75) is 20.5 Å². The Labute approximate surface area is 151 Å². The number of aromatic nitrogens is 1. The van der Waals surface area contributed by atoms with E-state index in [0.29, 0.717) is 11.6 Å². The lowest BCUT2D eigenvalue weighted by atomic mass is 10.2. The number of aryl methyl sites for hydroxylation is 1. The Balaban J connectivity index is 1.73. The standard InChI is InChI=1S/C20H18ClFN2O/c1-14-10-17(12-23-25-13-16-4-3-5-18(21)11-16)15(2)24(14)20-8-6-19(22)7-9-20/h3-12H,13H2,1-2H3/b23-12+. The van der Waals surface area contributed by atoms with Crippen molar-refractivity contribution in [2.75, 3.05) is 0 Å². The fourth-order valence-electron chi connectivity index (χ4n) is 2.74. The molecule has 0 aliphatic rings. The second-order valence-electron chi connectivity index (χ2n) is 5.78. The van der Waals surface area contributed by atoms with E-state index >= 15 is 0 Å². The lowest BCUT2D eigenvalue weighted by Crippen LogP contribution is -1.99. The maximum Gasteiger partial charge on any atom is 0.142 e. The van der Waals surface area contributed by atoms with Crippen molar-refractivity contribution in [1.29, 1.82) is 0 Å². The van der Waals surface area contributed by atoms with Gasteiger partial charge in [0, 0.05) is 27.7 Å². The van der Waals surface area contributed by atoms with Crippen molar-refractivity contribution >= 4 is 17.8 Å². The van der Waals surface area contributed by atoms with Crippen LogP contribution in [-0.4, -0.2) is 10.8 Å². The lowest BCUT2D eigenvalue weighted by Gasteiger charge is -2.09. The molecule has 0 unspecified atom stereocenters. The van der Waals surface area contributed by atoms with Crippen LogP contribution in [0, 0.1) is 19.7 Å². The van der Waals surface area contributed by atoms with Crippen LogP contribution in [0.25, 0.3) is 5.69 Å². The van der Waals surface area contributed by atoms with Crippen molar-refractivity contribution in [3.05, 3.63) is 88.0 Å². The summed E-state index contributed by atoms with van der Waals surface area (Å²) in [6.45, 7) is 4.35. The zero-order valence-electron chi connectivity index (χ0n) is 14.0. The number of rotatable bonds is 5. The molecule has 5 heteroatoms. The van der Waals surface area contributed by atoms with Crippen molar-refractivity contribution in [1.82, 2.24) is 4.57 Å². The van der Waals surface area contributed by atoms with Gasteiger partial charge in [0.15, 0.2) is 0 Å². The van der Waals surface area contributed by atoms with Gasteiger partial charge in [-0.15, -0.1) is 0 Å². The predicted molar refractivity (Wildman–Crippen MR) is 99.0 cm³/mol. The molecule has 1 aromatic heterocycles. The molecule has 0 aliphatic carbocycles. The second kappa shape index (κ2) is 7.53. The molecule has 128 valence electrons. The number of benzene rings is 2. The summed E-state index contributed by atoms with van der Waals surface area (Å²) in [5.41, 5.74) is 4.88. The fraction of sp³-hybridized carbons (Fsp3) is 0.150. The van der Waals surface area contributed by atoms with Gasteiger partial charge in [0.05, 0.1) is 6.21 Å². The molecular formula is C20H18ClFN2O. The smallest absolute Gasteiger partial charge is 0.142 e. The van der Waals surface area contributed by atoms with E-state index in [4.69, 9.17) is 16.4 Å². The van der Waals surface area contributed by atoms with Gasteiger partial charge in [-0.3, -0.25) is 0 Å². The first kappa shape index (κ1) is 17.2. The highest BCUT2D eigenvalue weighted by Crippen LogP contribution is 2.20. The van der Waals surface area contributed by atoms with Gasteiger partial charge in [-0.25, -0.2) is 4.39 Å². The van der Waals surface area contributed by atoms with E-state index in [2.05, 4.69) is 9.72 Å². The highest BCUT2D eigenvalue weighted by atomic mass is 35.5. The number of oxime groups is 1. The van der Waals surface area contributed by atoms with Gasteiger partial charge in [0.2, 0.25) is 0 Å². The molecule has 25 heavy (non-hydrogen) atoms. The summed E-state index contributed by atoms with van der Waals surface area (Å²) in [6.07, 6.45) is 1.69. The predicted octanol–water partition coefficient (Wildman–Crippen LogP) is 5.44. The largest absolute Gasteiger partial charge is 0.391 e. The fourth-order valence-corrected chi connectivity index (χ4v) is 2.95. The summed E-state index contributed by atoms with van der Waals surface area (Å²) in [6, 6.07) is 15.9. The minimum atomic E-state index is -0.248. The van der Waals surface area contributed by atoms with Gasteiger partial charge in [0.1, 0.15) is 12.4 Å². The lowest BCUT2D eigenvalue weighted by molar-refractivity contribution is 0.132. The molecule has 0 bridgehead atoms. The van der Waals surface area contributed by atoms with Gasteiger partial charge in [-0.2, -0.15) is 0 Å². The number of hydrogen-bond acceptors (Lipinski definition) is 2. The number of nitrogens with zero attached hydrogens (tertiary/aromatic N) is 2. The molecule has 0 atom stereocenters. The Morgan fingerprint density at radius 3 is 2.60 bits per heavy atom. The van der Waals surface area contributed by atoms with Crippen LogP contribution >= 0.6 is 11.6 Å². The minimum absolute atomic E-state index is 0.248. The van der Waals surface area contributed by atoms with Crippen LogP contribution in [-0.2, 0) is 11.4 Å². The molecule has 0 fully saturated rings. The third-order valence-electron chi connectivity index (χ3n) is 3.94. The summed E-state index contributed by atoms with van der Waals surface area (Å²) >= 11 is 5.94. The third kappa shape index (κ3) is 4.09. The van der Waals surface area contributed by atoms with E-state index in [1.54, 1.807) is 18.3 Å². The number of hydrogen-bond donors (Lipinski definition) is 0. The molecule has 3 aromatic rings. The van der Waals surface area contributed by atoms with Crippen LogP contribution in [0.1, 0.15) is 22.5 Å². The first-order valence-corrected chi connectivity index (χ1v) is 8.27. The van der Waals surface area contributed by atoms with Crippen LogP contribution in [0.5, 0.6) is 0 Å². The summed E-state index contributed by atoms with van der Waals surface area (Å²) in [4.78, 5) is 5.36. The Morgan fingerprint density at radius 2 is 1.88 bits per heavy atom. The van der Waals surface area contributed by atoms with Gasteiger partial charge >= 0.3 is 0 Å². The van der Waals surface area contributed by atoms with Crippen molar-refractivity contribution in [2.24, 2.45) is 5.16 Å². The highest BCUT2D eigenvalue weighted by Gasteiger charge is 2.09. The minimum Gasteiger partial charge on any atom is -0.391 e. The molecular weight excluding hydrogens is 339 g/mol. The van der Waals surface area contributed by atoms with E-state index in [0.717, 1.165) is 28.2 Å². The van der Waals surface area contributed by atoms with E-state index in [1.807, 2.05) is 44.2 Å². The maximum atomic E-state index is 13.1. The molecule has 0 saturated heterocycles. The molecule has 1 heterocycles. The molecule has 0 amide bonds. The highest BCUT2D eigenvalue weighted by molar-refractivity contribution is 6.30. The second-order valence-corrected chi connectivity index (χ2v) is 6.21.